The van der Waals surface area contributed by atoms with Gasteiger partial charge in [-0.15, -0.1) is 10.2 Å². The van der Waals surface area contributed by atoms with E-state index in [0.29, 0.717) is 41.3 Å². The van der Waals surface area contributed by atoms with E-state index in [-0.39, 0.29) is 11.0 Å². The molecular formula is C24H25N3O6S. The van der Waals surface area contributed by atoms with E-state index in [1.807, 2.05) is 31.2 Å². The molecule has 4 rings (SSSR count). The number of nitrogens with one attached hydrogen (secondary N) is 1. The number of hydrogen-bond donors (Lipinski definition) is 1. The quantitative estimate of drug-likeness (QED) is 0.366. The summed E-state index contributed by atoms with van der Waals surface area (Å²) in [5.41, 5.74) is 2.30. The van der Waals surface area contributed by atoms with Crippen molar-refractivity contribution >= 4 is 9.84 Å². The standard InChI is InChI=1S/C24H25N3O6S/c1-15(14-30-3)31-19-11-17(22-9-10-23(25-22)24-27-26-16(2)32-24)12-20(13-19)33-18-5-7-21(8-6-18)34(4,28)29/h5-13,15,25H,14H2,1-4H3/t15-/m0/s1. The molecule has 0 aliphatic heterocycles. The molecule has 0 amide bonds. The first-order valence-electron chi connectivity index (χ1n) is 10.5. The summed E-state index contributed by atoms with van der Waals surface area (Å²) in [6, 6.07) is 15.5. The Hall–Kier alpha value is -3.63. The number of benzene rings is 2. The lowest BCUT2D eigenvalue weighted by atomic mass is 10.1. The number of sulfone groups is 1. The summed E-state index contributed by atoms with van der Waals surface area (Å²) in [5, 5.41) is 7.91. The topological polar surface area (TPSA) is 117 Å². The molecule has 34 heavy (non-hydrogen) atoms. The Bertz CT molecular complexity index is 1380. The van der Waals surface area contributed by atoms with E-state index in [9.17, 15) is 8.42 Å². The highest BCUT2D eigenvalue weighted by Gasteiger charge is 2.14. The van der Waals surface area contributed by atoms with Crippen molar-refractivity contribution in [1.82, 2.24) is 15.2 Å². The SMILES string of the molecule is COC[C@H](C)Oc1cc(Oc2ccc(S(C)(=O)=O)cc2)cc(-c2ccc(-c3nnc(C)o3)[nH]2)c1. The molecule has 0 unspecified atom stereocenters. The number of aromatic nitrogens is 3. The normalized spacial score (nSPS) is 12.5. The number of aryl methyl sites for hydroxylation is 1. The van der Waals surface area contributed by atoms with Crippen LogP contribution in [0.2, 0.25) is 0 Å². The van der Waals surface area contributed by atoms with Gasteiger partial charge in [0.2, 0.25) is 5.89 Å². The maximum absolute atomic E-state index is 11.7. The first-order chi connectivity index (χ1) is 16.2. The molecule has 0 saturated heterocycles. The maximum atomic E-state index is 11.7. The fourth-order valence-electron chi connectivity index (χ4n) is 3.34. The lowest BCUT2D eigenvalue weighted by Gasteiger charge is -2.16. The molecule has 2 heterocycles. The number of aromatic amines is 1. The molecule has 0 aliphatic carbocycles. The van der Waals surface area contributed by atoms with Crippen LogP contribution in [0.15, 0.2) is 63.9 Å². The van der Waals surface area contributed by atoms with Gasteiger partial charge >= 0.3 is 0 Å². The Morgan fingerprint density at radius 3 is 2.32 bits per heavy atom. The van der Waals surface area contributed by atoms with Gasteiger partial charge in [0, 0.05) is 37.6 Å². The molecule has 10 heteroatoms. The Morgan fingerprint density at radius 2 is 1.68 bits per heavy atom. The second-order valence-corrected chi connectivity index (χ2v) is 9.85. The van der Waals surface area contributed by atoms with Gasteiger partial charge in [0.15, 0.2) is 9.84 Å². The molecular weight excluding hydrogens is 458 g/mol. The number of H-pyrrole nitrogens is 1. The Morgan fingerprint density at radius 1 is 0.971 bits per heavy atom. The minimum Gasteiger partial charge on any atom is -0.488 e. The van der Waals surface area contributed by atoms with E-state index in [1.165, 1.54) is 12.1 Å². The summed E-state index contributed by atoms with van der Waals surface area (Å²) in [6.45, 7) is 4.07. The van der Waals surface area contributed by atoms with Crippen molar-refractivity contribution in [2.24, 2.45) is 0 Å². The van der Waals surface area contributed by atoms with E-state index in [1.54, 1.807) is 32.2 Å². The van der Waals surface area contributed by atoms with Crippen LogP contribution in [0.25, 0.3) is 22.8 Å². The van der Waals surface area contributed by atoms with Gasteiger partial charge in [-0.1, -0.05) is 0 Å². The molecule has 9 nitrogen and oxygen atoms in total. The second kappa shape index (κ2) is 9.70. The average Bonchev–Trinajstić information content (AvgIpc) is 3.43. The summed E-state index contributed by atoms with van der Waals surface area (Å²) in [4.78, 5) is 3.50. The van der Waals surface area contributed by atoms with Crippen molar-refractivity contribution in [3.63, 3.8) is 0 Å². The van der Waals surface area contributed by atoms with Gasteiger partial charge in [0.05, 0.1) is 11.5 Å². The van der Waals surface area contributed by atoms with Gasteiger partial charge < -0.3 is 23.6 Å². The third-order valence-electron chi connectivity index (χ3n) is 4.86. The number of ether oxygens (including phenoxy) is 3. The minimum atomic E-state index is -3.29. The zero-order valence-electron chi connectivity index (χ0n) is 19.2. The molecule has 2 aromatic heterocycles. The molecule has 4 aromatic rings. The molecule has 0 aliphatic rings. The molecule has 2 aromatic carbocycles. The molecule has 1 N–H and O–H groups in total. The highest BCUT2D eigenvalue weighted by atomic mass is 32.2. The van der Waals surface area contributed by atoms with E-state index in [2.05, 4.69) is 15.2 Å². The zero-order chi connectivity index (χ0) is 24.3. The summed E-state index contributed by atoms with van der Waals surface area (Å²) in [7, 11) is -1.67. The summed E-state index contributed by atoms with van der Waals surface area (Å²) in [6.07, 6.45) is 0.986. The summed E-state index contributed by atoms with van der Waals surface area (Å²) < 4.78 is 46.2. The van der Waals surface area contributed by atoms with Crippen molar-refractivity contribution in [3.05, 3.63) is 60.5 Å². The maximum Gasteiger partial charge on any atom is 0.264 e. The van der Waals surface area contributed by atoms with Crippen LogP contribution in [0.5, 0.6) is 17.2 Å². The van der Waals surface area contributed by atoms with Crippen molar-refractivity contribution in [3.8, 4) is 40.1 Å². The Labute approximate surface area is 197 Å². The van der Waals surface area contributed by atoms with Gasteiger partial charge in [-0.3, -0.25) is 0 Å². The van der Waals surface area contributed by atoms with Crippen molar-refractivity contribution in [2.45, 2.75) is 24.8 Å². The van der Waals surface area contributed by atoms with Crippen LogP contribution in [0.1, 0.15) is 12.8 Å². The van der Waals surface area contributed by atoms with Gasteiger partial charge in [-0.25, -0.2) is 8.42 Å². The molecule has 0 saturated carbocycles. The zero-order valence-corrected chi connectivity index (χ0v) is 20.0. The van der Waals surface area contributed by atoms with Gasteiger partial charge in [-0.05, 0) is 55.5 Å². The third kappa shape index (κ3) is 5.64. The molecule has 1 atom stereocenters. The monoisotopic (exact) mass is 483 g/mol. The largest absolute Gasteiger partial charge is 0.488 e. The predicted octanol–water partition coefficient (Wildman–Crippen LogP) is 4.65. The molecule has 178 valence electrons. The molecule has 0 fully saturated rings. The molecule has 0 radical (unpaired) electrons. The number of nitrogens with zero attached hydrogens (tertiary/aromatic N) is 2. The number of rotatable bonds is 9. The lowest BCUT2D eigenvalue weighted by molar-refractivity contribution is 0.0920. The van der Waals surface area contributed by atoms with E-state index >= 15 is 0 Å². The van der Waals surface area contributed by atoms with Crippen LogP contribution in [0.3, 0.4) is 0 Å². The minimum absolute atomic E-state index is 0.178. The van der Waals surface area contributed by atoms with Crippen LogP contribution in [-0.2, 0) is 14.6 Å². The first-order valence-corrected chi connectivity index (χ1v) is 12.4. The van der Waals surface area contributed by atoms with Gasteiger partial charge in [-0.2, -0.15) is 0 Å². The predicted molar refractivity (Wildman–Crippen MR) is 126 cm³/mol. The number of methoxy groups -OCH3 is 1. The highest BCUT2D eigenvalue weighted by molar-refractivity contribution is 7.90. The van der Waals surface area contributed by atoms with Crippen molar-refractivity contribution in [1.29, 1.82) is 0 Å². The Balaban J connectivity index is 1.66. The van der Waals surface area contributed by atoms with Crippen molar-refractivity contribution < 1.29 is 27.0 Å². The van der Waals surface area contributed by atoms with Gasteiger partial charge in [0.1, 0.15) is 29.0 Å². The van der Waals surface area contributed by atoms with Crippen LogP contribution in [0.4, 0.5) is 0 Å². The summed E-state index contributed by atoms with van der Waals surface area (Å²) >= 11 is 0. The molecule has 0 spiro atoms. The summed E-state index contributed by atoms with van der Waals surface area (Å²) in [5.74, 6) is 2.48. The lowest BCUT2D eigenvalue weighted by Crippen LogP contribution is -2.17. The van der Waals surface area contributed by atoms with Crippen LogP contribution >= 0.6 is 0 Å². The van der Waals surface area contributed by atoms with Gasteiger partial charge in [0.25, 0.3) is 5.89 Å². The number of hydrogen-bond acceptors (Lipinski definition) is 8. The van der Waals surface area contributed by atoms with E-state index < -0.39 is 9.84 Å². The first kappa shape index (κ1) is 23.5. The van der Waals surface area contributed by atoms with E-state index in [4.69, 9.17) is 18.6 Å². The average molecular weight is 484 g/mol. The highest BCUT2D eigenvalue weighted by Crippen LogP contribution is 2.34. The second-order valence-electron chi connectivity index (χ2n) is 7.83. The third-order valence-corrected chi connectivity index (χ3v) is 5.99. The van der Waals surface area contributed by atoms with Crippen LogP contribution in [0, 0.1) is 6.92 Å². The smallest absolute Gasteiger partial charge is 0.264 e. The van der Waals surface area contributed by atoms with Crippen molar-refractivity contribution in [2.75, 3.05) is 20.0 Å². The molecule has 0 bridgehead atoms. The fraction of sp³-hybridized carbons (Fsp3) is 0.250. The van der Waals surface area contributed by atoms with Crippen LogP contribution in [-0.4, -0.2) is 49.7 Å². The van der Waals surface area contributed by atoms with E-state index in [0.717, 1.165) is 17.5 Å². The van der Waals surface area contributed by atoms with Crippen LogP contribution < -0.4 is 9.47 Å². The Kier molecular flexibility index (Phi) is 6.71. The fourth-order valence-corrected chi connectivity index (χ4v) is 3.97.